The van der Waals surface area contributed by atoms with Gasteiger partial charge in [0.2, 0.25) is 0 Å². The molecule has 3 aromatic rings. The van der Waals surface area contributed by atoms with E-state index >= 15 is 0 Å². The van der Waals surface area contributed by atoms with Gasteiger partial charge < -0.3 is 19.7 Å². The number of hydrogen-bond donors (Lipinski definition) is 2. The molecule has 0 fully saturated rings. The second-order valence-electron chi connectivity index (χ2n) is 6.60. The van der Waals surface area contributed by atoms with E-state index < -0.39 is 18.4 Å². The Morgan fingerprint density at radius 1 is 1.15 bits per heavy atom. The van der Waals surface area contributed by atoms with Crippen LogP contribution >= 0.6 is 0 Å². The van der Waals surface area contributed by atoms with E-state index in [1.807, 2.05) is 16.7 Å². The van der Waals surface area contributed by atoms with Gasteiger partial charge in [-0.2, -0.15) is 0 Å². The van der Waals surface area contributed by atoms with Gasteiger partial charge in [-0.3, -0.25) is 9.59 Å². The molecule has 0 atom stereocenters. The monoisotopic (exact) mass is 366 g/mol. The molecule has 1 amide bonds. The lowest BCUT2D eigenvalue weighted by molar-refractivity contribution is -0.135. The van der Waals surface area contributed by atoms with E-state index in [2.05, 4.69) is 37.4 Å². The normalized spacial score (nSPS) is 10.8. The molecule has 0 aliphatic rings. The molecular formula is C21H22N2O4. The maximum absolute atomic E-state index is 12.6. The topological polar surface area (TPSA) is 80.6 Å². The van der Waals surface area contributed by atoms with Crippen LogP contribution in [0.4, 0.5) is 0 Å². The van der Waals surface area contributed by atoms with Crippen molar-refractivity contribution < 1.29 is 19.4 Å². The van der Waals surface area contributed by atoms with Gasteiger partial charge in [-0.1, -0.05) is 35.4 Å². The van der Waals surface area contributed by atoms with Crippen molar-refractivity contribution in [1.82, 2.24) is 9.88 Å². The second kappa shape index (κ2) is 7.53. The first-order valence-electron chi connectivity index (χ1n) is 8.62. The van der Waals surface area contributed by atoms with Gasteiger partial charge in [-0.25, -0.2) is 0 Å². The molecule has 0 saturated heterocycles. The van der Waals surface area contributed by atoms with Crippen LogP contribution in [-0.2, 0) is 11.3 Å². The summed E-state index contributed by atoms with van der Waals surface area (Å²) in [6, 6.07) is 11.9. The van der Waals surface area contributed by atoms with Crippen molar-refractivity contribution >= 4 is 22.8 Å². The van der Waals surface area contributed by atoms with Crippen LogP contribution in [0, 0.1) is 13.8 Å². The third kappa shape index (κ3) is 3.95. The van der Waals surface area contributed by atoms with E-state index in [0.717, 1.165) is 11.1 Å². The van der Waals surface area contributed by atoms with Crippen LogP contribution in [0.1, 0.15) is 27.0 Å². The summed E-state index contributed by atoms with van der Waals surface area (Å²) in [5.74, 6) is -0.951. The van der Waals surface area contributed by atoms with Crippen LogP contribution in [0.15, 0.2) is 42.6 Å². The average Bonchev–Trinajstić information content (AvgIpc) is 2.97. The zero-order chi connectivity index (χ0) is 19.6. The van der Waals surface area contributed by atoms with Crippen molar-refractivity contribution in [1.29, 1.82) is 0 Å². The highest BCUT2D eigenvalue weighted by atomic mass is 16.5. The Kier molecular flexibility index (Phi) is 5.16. The number of fused-ring (bicyclic) bond motifs is 1. The van der Waals surface area contributed by atoms with Crippen LogP contribution < -0.4 is 10.1 Å². The van der Waals surface area contributed by atoms with Gasteiger partial charge in [0, 0.05) is 12.7 Å². The van der Waals surface area contributed by atoms with Crippen molar-refractivity contribution in [2.24, 2.45) is 0 Å². The van der Waals surface area contributed by atoms with Crippen LogP contribution in [0.25, 0.3) is 10.9 Å². The second-order valence-corrected chi connectivity index (χ2v) is 6.60. The Labute approximate surface area is 157 Å². The number of hydrogen-bond acceptors (Lipinski definition) is 3. The van der Waals surface area contributed by atoms with E-state index in [-0.39, 0.29) is 0 Å². The first-order chi connectivity index (χ1) is 12.9. The maximum Gasteiger partial charge on any atom is 0.322 e. The molecule has 1 heterocycles. The minimum atomic E-state index is -1.09. The fourth-order valence-electron chi connectivity index (χ4n) is 3.40. The predicted octanol–water partition coefficient (Wildman–Crippen LogP) is 3.13. The molecular weight excluding hydrogens is 344 g/mol. The predicted molar refractivity (Wildman–Crippen MR) is 103 cm³/mol. The third-order valence-corrected chi connectivity index (χ3v) is 4.37. The van der Waals surface area contributed by atoms with Gasteiger partial charge in [-0.05, 0) is 31.5 Å². The number of aliphatic carboxylic acids is 1. The van der Waals surface area contributed by atoms with Gasteiger partial charge in [0.15, 0.2) is 0 Å². The Morgan fingerprint density at radius 3 is 2.48 bits per heavy atom. The highest BCUT2D eigenvalue weighted by Crippen LogP contribution is 2.31. The van der Waals surface area contributed by atoms with Crippen LogP contribution in [0.5, 0.6) is 5.75 Å². The number of carbonyl (C=O) groups excluding carboxylic acids is 1. The number of amides is 1. The highest BCUT2D eigenvalue weighted by molar-refractivity contribution is 6.09. The maximum atomic E-state index is 12.6. The molecule has 1 aromatic heterocycles. The molecule has 0 bridgehead atoms. The summed E-state index contributed by atoms with van der Waals surface area (Å²) in [5, 5.41) is 11.9. The standard InChI is InChI=1S/C21H22N2O4/c1-13-7-14(2)9-15(8-13)11-23-12-16(21(26)22-10-19(24)25)20-17(23)5-4-6-18(20)27-3/h4-9,12H,10-11H2,1-3H3,(H,22,26)(H,24,25). The van der Waals surface area contributed by atoms with E-state index in [4.69, 9.17) is 9.84 Å². The molecule has 140 valence electrons. The van der Waals surface area contributed by atoms with Gasteiger partial charge in [0.05, 0.1) is 23.6 Å². The van der Waals surface area contributed by atoms with E-state index in [1.54, 1.807) is 19.4 Å². The Bertz CT molecular complexity index is 1000. The van der Waals surface area contributed by atoms with Gasteiger partial charge in [-0.15, -0.1) is 0 Å². The number of ether oxygens (including phenoxy) is 1. The average molecular weight is 366 g/mol. The highest BCUT2D eigenvalue weighted by Gasteiger charge is 2.19. The third-order valence-electron chi connectivity index (χ3n) is 4.37. The number of carboxylic acids is 1. The molecule has 0 saturated carbocycles. The number of carboxylic acid groups (broad SMARTS) is 1. The fraction of sp³-hybridized carbons (Fsp3) is 0.238. The fourth-order valence-corrected chi connectivity index (χ4v) is 3.40. The zero-order valence-corrected chi connectivity index (χ0v) is 15.6. The van der Waals surface area contributed by atoms with Crippen molar-refractivity contribution in [2.45, 2.75) is 20.4 Å². The van der Waals surface area contributed by atoms with Crippen molar-refractivity contribution in [3.63, 3.8) is 0 Å². The van der Waals surface area contributed by atoms with Gasteiger partial charge >= 0.3 is 5.97 Å². The summed E-state index contributed by atoms with van der Waals surface area (Å²) in [4.78, 5) is 23.3. The molecule has 2 aromatic carbocycles. The SMILES string of the molecule is COc1cccc2c1c(C(=O)NCC(=O)O)cn2Cc1cc(C)cc(C)c1. The molecule has 2 N–H and O–H groups in total. The van der Waals surface area contributed by atoms with Crippen molar-refractivity contribution in [3.8, 4) is 5.75 Å². The number of rotatable bonds is 6. The number of carbonyl (C=O) groups is 2. The molecule has 0 aliphatic heterocycles. The summed E-state index contributed by atoms with van der Waals surface area (Å²) < 4.78 is 7.42. The Balaban J connectivity index is 2.08. The number of aromatic nitrogens is 1. The lowest BCUT2D eigenvalue weighted by Crippen LogP contribution is -2.29. The summed E-state index contributed by atoms with van der Waals surface area (Å²) in [5.41, 5.74) is 4.74. The first-order valence-corrected chi connectivity index (χ1v) is 8.62. The van der Waals surface area contributed by atoms with Crippen LogP contribution in [0.3, 0.4) is 0 Å². The smallest absolute Gasteiger partial charge is 0.322 e. The minimum Gasteiger partial charge on any atom is -0.496 e. The van der Waals surface area contributed by atoms with Crippen molar-refractivity contribution in [3.05, 3.63) is 64.8 Å². The lowest BCUT2D eigenvalue weighted by Gasteiger charge is -2.09. The molecule has 6 heteroatoms. The van der Waals surface area contributed by atoms with E-state index in [0.29, 0.717) is 23.2 Å². The minimum absolute atomic E-state index is 0.396. The van der Waals surface area contributed by atoms with Crippen LogP contribution in [0.2, 0.25) is 0 Å². The zero-order valence-electron chi connectivity index (χ0n) is 15.6. The molecule has 27 heavy (non-hydrogen) atoms. The number of aryl methyl sites for hydroxylation is 2. The van der Waals surface area contributed by atoms with Gasteiger partial charge in [0.1, 0.15) is 12.3 Å². The number of methoxy groups -OCH3 is 1. The number of nitrogens with one attached hydrogen (secondary N) is 1. The molecule has 0 spiro atoms. The summed E-state index contributed by atoms with van der Waals surface area (Å²) >= 11 is 0. The summed E-state index contributed by atoms with van der Waals surface area (Å²) in [6.45, 7) is 4.27. The van der Waals surface area contributed by atoms with E-state index in [1.165, 1.54) is 11.1 Å². The molecule has 0 aliphatic carbocycles. The largest absolute Gasteiger partial charge is 0.496 e. The Morgan fingerprint density at radius 2 is 1.85 bits per heavy atom. The van der Waals surface area contributed by atoms with Crippen LogP contribution in [-0.4, -0.2) is 35.2 Å². The Hall–Kier alpha value is -3.28. The molecule has 0 unspecified atom stereocenters. The van der Waals surface area contributed by atoms with Gasteiger partial charge in [0.25, 0.3) is 5.91 Å². The summed E-state index contributed by atoms with van der Waals surface area (Å²) in [7, 11) is 1.55. The number of benzene rings is 2. The molecule has 0 radical (unpaired) electrons. The number of nitrogens with zero attached hydrogens (tertiary/aromatic N) is 1. The lowest BCUT2D eigenvalue weighted by atomic mass is 10.1. The molecule has 6 nitrogen and oxygen atoms in total. The quantitative estimate of drug-likeness (QED) is 0.702. The summed E-state index contributed by atoms with van der Waals surface area (Å²) in [6.07, 6.45) is 1.75. The molecule has 3 rings (SSSR count). The van der Waals surface area contributed by atoms with E-state index in [9.17, 15) is 9.59 Å². The first kappa shape index (κ1) is 18.5. The van der Waals surface area contributed by atoms with Crippen molar-refractivity contribution in [2.75, 3.05) is 13.7 Å².